The van der Waals surface area contributed by atoms with Gasteiger partial charge in [-0.2, -0.15) is 0 Å². The molecule has 2 aromatic carbocycles. The lowest BCUT2D eigenvalue weighted by molar-refractivity contribution is -0.384. The predicted octanol–water partition coefficient (Wildman–Crippen LogP) is 2.90. The minimum atomic E-state index is -0.572. The van der Waals surface area contributed by atoms with Gasteiger partial charge in [0.05, 0.1) is 4.92 Å². The number of nitrogens with zero attached hydrogens (tertiary/aromatic N) is 3. The molecular weight excluding hydrogens is 300 g/mol. The average molecular weight is 310 g/mol. The Kier molecular flexibility index (Phi) is 3.79. The summed E-state index contributed by atoms with van der Waals surface area (Å²) in [6.45, 7) is 0. The fourth-order valence-corrected chi connectivity index (χ4v) is 1.90. The first-order valence-electron chi connectivity index (χ1n) is 6.58. The summed E-state index contributed by atoms with van der Waals surface area (Å²) in [5.41, 5.74) is 0.669. The van der Waals surface area contributed by atoms with Crippen LogP contribution in [0, 0.1) is 10.1 Å². The van der Waals surface area contributed by atoms with E-state index in [4.69, 9.17) is 4.42 Å². The molecule has 0 saturated heterocycles. The van der Waals surface area contributed by atoms with E-state index in [-0.39, 0.29) is 23.2 Å². The summed E-state index contributed by atoms with van der Waals surface area (Å²) in [5.74, 6) is -0.308. The van der Waals surface area contributed by atoms with Crippen LogP contribution in [0.2, 0.25) is 0 Å². The standard InChI is InChI=1S/C15H10N4O4/c20-13(11-7-4-8-12(9-11)19(21)22)16-15-18-17-14(23-15)10-5-2-1-3-6-10/h1-9H,(H,16,18,20). The number of carbonyl (C=O) groups excluding carboxylic acids is 1. The van der Waals surface area contributed by atoms with Crippen LogP contribution in [0.3, 0.4) is 0 Å². The summed E-state index contributed by atoms with van der Waals surface area (Å²) >= 11 is 0. The van der Waals surface area contributed by atoms with Gasteiger partial charge in [0.15, 0.2) is 0 Å². The van der Waals surface area contributed by atoms with Crippen LogP contribution in [-0.4, -0.2) is 21.0 Å². The SMILES string of the molecule is O=C(Nc1nnc(-c2ccccc2)o1)c1cccc([N+](=O)[O-])c1. The average Bonchev–Trinajstić information content (AvgIpc) is 3.04. The van der Waals surface area contributed by atoms with Crippen molar-refractivity contribution >= 4 is 17.6 Å². The number of hydrogen-bond donors (Lipinski definition) is 1. The molecule has 3 aromatic rings. The zero-order valence-electron chi connectivity index (χ0n) is 11.7. The van der Waals surface area contributed by atoms with Gasteiger partial charge in [-0.25, -0.2) is 0 Å². The molecule has 8 nitrogen and oxygen atoms in total. The van der Waals surface area contributed by atoms with Gasteiger partial charge in [-0.15, -0.1) is 5.10 Å². The molecule has 0 fully saturated rings. The second kappa shape index (κ2) is 6.06. The summed E-state index contributed by atoms with van der Waals surface area (Å²) < 4.78 is 5.35. The Morgan fingerprint density at radius 2 is 1.87 bits per heavy atom. The third-order valence-electron chi connectivity index (χ3n) is 2.99. The molecule has 23 heavy (non-hydrogen) atoms. The van der Waals surface area contributed by atoms with Crippen LogP contribution in [0.1, 0.15) is 10.4 Å². The van der Waals surface area contributed by atoms with E-state index in [1.165, 1.54) is 24.3 Å². The highest BCUT2D eigenvalue weighted by Gasteiger charge is 2.15. The van der Waals surface area contributed by atoms with Crippen molar-refractivity contribution in [2.45, 2.75) is 0 Å². The minimum Gasteiger partial charge on any atom is -0.403 e. The number of nitro benzene ring substituents is 1. The molecule has 8 heteroatoms. The Labute approximate surface area is 129 Å². The van der Waals surface area contributed by atoms with Crippen molar-refractivity contribution in [3.63, 3.8) is 0 Å². The van der Waals surface area contributed by atoms with E-state index in [0.29, 0.717) is 0 Å². The molecule has 0 unspecified atom stereocenters. The Morgan fingerprint density at radius 3 is 2.61 bits per heavy atom. The van der Waals surface area contributed by atoms with Crippen molar-refractivity contribution in [3.8, 4) is 11.5 Å². The number of nitrogens with one attached hydrogen (secondary N) is 1. The van der Waals surface area contributed by atoms with Gasteiger partial charge in [0, 0.05) is 23.3 Å². The fraction of sp³-hybridized carbons (Fsp3) is 0. The summed E-state index contributed by atoms with van der Waals surface area (Å²) in [4.78, 5) is 22.2. The van der Waals surface area contributed by atoms with Crippen LogP contribution in [0.4, 0.5) is 11.7 Å². The summed E-state index contributed by atoms with van der Waals surface area (Å²) in [7, 11) is 0. The number of amides is 1. The zero-order valence-corrected chi connectivity index (χ0v) is 11.7. The van der Waals surface area contributed by atoms with Crippen LogP contribution in [-0.2, 0) is 0 Å². The number of aromatic nitrogens is 2. The van der Waals surface area contributed by atoms with E-state index in [0.717, 1.165) is 5.56 Å². The quantitative estimate of drug-likeness (QED) is 0.586. The Bertz CT molecular complexity index is 861. The van der Waals surface area contributed by atoms with Crippen LogP contribution in [0.15, 0.2) is 59.0 Å². The number of benzene rings is 2. The molecule has 0 radical (unpaired) electrons. The Morgan fingerprint density at radius 1 is 1.09 bits per heavy atom. The summed E-state index contributed by atoms with van der Waals surface area (Å²) in [6, 6.07) is 14.3. The van der Waals surface area contributed by atoms with Crippen LogP contribution >= 0.6 is 0 Å². The van der Waals surface area contributed by atoms with Crippen molar-refractivity contribution in [1.82, 2.24) is 10.2 Å². The topological polar surface area (TPSA) is 111 Å². The first-order valence-corrected chi connectivity index (χ1v) is 6.58. The van der Waals surface area contributed by atoms with E-state index < -0.39 is 10.8 Å². The molecule has 0 atom stereocenters. The smallest absolute Gasteiger partial charge is 0.322 e. The van der Waals surface area contributed by atoms with Gasteiger partial charge in [-0.1, -0.05) is 29.4 Å². The molecular formula is C15H10N4O4. The highest BCUT2D eigenvalue weighted by atomic mass is 16.6. The number of hydrogen-bond acceptors (Lipinski definition) is 6. The summed E-state index contributed by atoms with van der Waals surface area (Å²) in [6.07, 6.45) is 0. The van der Waals surface area contributed by atoms with Crippen molar-refractivity contribution in [1.29, 1.82) is 0 Å². The monoisotopic (exact) mass is 310 g/mol. The Balaban J connectivity index is 1.77. The van der Waals surface area contributed by atoms with Gasteiger partial charge in [0.2, 0.25) is 5.89 Å². The molecule has 1 N–H and O–H groups in total. The predicted molar refractivity (Wildman–Crippen MR) is 80.8 cm³/mol. The van der Waals surface area contributed by atoms with E-state index in [9.17, 15) is 14.9 Å². The number of carbonyl (C=O) groups is 1. The van der Waals surface area contributed by atoms with Crippen molar-refractivity contribution < 1.29 is 14.1 Å². The first-order chi connectivity index (χ1) is 11.1. The molecule has 0 spiro atoms. The van der Waals surface area contributed by atoms with E-state index >= 15 is 0 Å². The molecule has 0 aliphatic heterocycles. The molecule has 1 heterocycles. The van der Waals surface area contributed by atoms with Crippen LogP contribution in [0.25, 0.3) is 11.5 Å². The first kappa shape index (κ1) is 14.4. The number of anilines is 1. The lowest BCUT2D eigenvalue weighted by Gasteiger charge is -2.00. The maximum absolute atomic E-state index is 12.1. The molecule has 1 aromatic heterocycles. The van der Waals surface area contributed by atoms with Gasteiger partial charge in [0.25, 0.3) is 11.6 Å². The molecule has 3 rings (SSSR count). The second-order valence-corrected chi connectivity index (χ2v) is 4.54. The maximum Gasteiger partial charge on any atom is 0.322 e. The Hall–Kier alpha value is -3.55. The lowest BCUT2D eigenvalue weighted by Crippen LogP contribution is -2.12. The lowest BCUT2D eigenvalue weighted by atomic mass is 10.2. The van der Waals surface area contributed by atoms with E-state index in [2.05, 4.69) is 15.5 Å². The molecule has 1 amide bonds. The fourth-order valence-electron chi connectivity index (χ4n) is 1.90. The normalized spacial score (nSPS) is 10.3. The van der Waals surface area contributed by atoms with Gasteiger partial charge in [-0.3, -0.25) is 20.2 Å². The van der Waals surface area contributed by atoms with Crippen molar-refractivity contribution in [3.05, 3.63) is 70.3 Å². The highest BCUT2D eigenvalue weighted by molar-refractivity contribution is 6.03. The second-order valence-electron chi connectivity index (χ2n) is 4.54. The van der Waals surface area contributed by atoms with Crippen molar-refractivity contribution in [2.75, 3.05) is 5.32 Å². The minimum absolute atomic E-state index is 0.0830. The molecule has 0 aliphatic carbocycles. The summed E-state index contributed by atoms with van der Waals surface area (Å²) in [5, 5.41) is 20.7. The molecule has 0 bridgehead atoms. The third-order valence-corrected chi connectivity index (χ3v) is 2.99. The van der Waals surface area contributed by atoms with E-state index in [1.54, 1.807) is 12.1 Å². The van der Waals surface area contributed by atoms with Crippen LogP contribution < -0.4 is 5.32 Å². The van der Waals surface area contributed by atoms with Gasteiger partial charge in [-0.05, 0) is 18.2 Å². The number of rotatable bonds is 4. The maximum atomic E-state index is 12.1. The highest BCUT2D eigenvalue weighted by Crippen LogP contribution is 2.20. The van der Waals surface area contributed by atoms with E-state index in [1.807, 2.05) is 18.2 Å². The van der Waals surface area contributed by atoms with Crippen LogP contribution in [0.5, 0.6) is 0 Å². The van der Waals surface area contributed by atoms with Crippen molar-refractivity contribution in [2.24, 2.45) is 0 Å². The molecule has 0 aliphatic rings. The van der Waals surface area contributed by atoms with Gasteiger partial charge in [0.1, 0.15) is 0 Å². The molecule has 0 saturated carbocycles. The largest absolute Gasteiger partial charge is 0.403 e. The third kappa shape index (κ3) is 3.21. The van der Waals surface area contributed by atoms with Gasteiger partial charge < -0.3 is 4.42 Å². The number of non-ortho nitro benzene ring substituents is 1. The number of nitro groups is 1. The zero-order chi connectivity index (χ0) is 16.2. The molecule has 114 valence electrons. The van der Waals surface area contributed by atoms with Gasteiger partial charge >= 0.3 is 6.01 Å².